The van der Waals surface area contributed by atoms with Gasteiger partial charge in [-0.15, -0.1) is 0 Å². The number of imidazole rings is 1. The number of carbonyl (C=O) groups is 1. The first-order chi connectivity index (χ1) is 11.4. The van der Waals surface area contributed by atoms with Crippen LogP contribution in [0.2, 0.25) is 0 Å². The second kappa shape index (κ2) is 6.73. The minimum absolute atomic E-state index is 0.0717. The molecule has 0 saturated carbocycles. The zero-order valence-corrected chi connectivity index (χ0v) is 14.8. The maximum absolute atomic E-state index is 13.0. The number of hydrogen-bond acceptors (Lipinski definition) is 3. The van der Waals surface area contributed by atoms with Crippen LogP contribution in [-0.2, 0) is 11.3 Å². The molecular formula is C18H20FN3OS. The predicted molar refractivity (Wildman–Crippen MR) is 94.5 cm³/mol. The first-order valence-electron chi connectivity index (χ1n) is 7.94. The summed E-state index contributed by atoms with van der Waals surface area (Å²) in [5.41, 5.74) is 2.78. The Balaban J connectivity index is 1.78. The molecule has 126 valence electrons. The SMILES string of the molecule is Cc1c(CNC(=O)CC(C)C)sc2nc(-c3ccc(F)cc3)cn12. The minimum Gasteiger partial charge on any atom is -0.351 e. The van der Waals surface area contributed by atoms with Gasteiger partial charge in [-0.3, -0.25) is 9.20 Å². The lowest BCUT2D eigenvalue weighted by atomic mass is 10.1. The molecule has 2 aromatic heterocycles. The summed E-state index contributed by atoms with van der Waals surface area (Å²) in [5, 5.41) is 2.96. The van der Waals surface area contributed by atoms with Crippen molar-refractivity contribution in [2.24, 2.45) is 5.92 Å². The molecule has 3 rings (SSSR count). The molecule has 3 aromatic rings. The number of nitrogens with one attached hydrogen (secondary N) is 1. The third-order valence-corrected chi connectivity index (χ3v) is 4.99. The van der Waals surface area contributed by atoms with E-state index in [2.05, 4.69) is 10.3 Å². The molecule has 24 heavy (non-hydrogen) atoms. The van der Waals surface area contributed by atoms with Crippen LogP contribution in [0.15, 0.2) is 30.5 Å². The summed E-state index contributed by atoms with van der Waals surface area (Å²) < 4.78 is 15.1. The van der Waals surface area contributed by atoms with Gasteiger partial charge in [0, 0.05) is 28.8 Å². The van der Waals surface area contributed by atoms with Gasteiger partial charge in [0.1, 0.15) is 5.82 Å². The summed E-state index contributed by atoms with van der Waals surface area (Å²) in [6.45, 7) is 6.60. The van der Waals surface area contributed by atoms with E-state index in [-0.39, 0.29) is 11.7 Å². The minimum atomic E-state index is -0.254. The first-order valence-corrected chi connectivity index (χ1v) is 8.75. The van der Waals surface area contributed by atoms with Crippen LogP contribution in [0.1, 0.15) is 30.8 Å². The van der Waals surface area contributed by atoms with Crippen LogP contribution in [0.3, 0.4) is 0 Å². The summed E-state index contributed by atoms with van der Waals surface area (Å²) in [4.78, 5) is 18.4. The van der Waals surface area contributed by atoms with Crippen LogP contribution in [0.5, 0.6) is 0 Å². The molecule has 0 aliphatic rings. The standard InChI is InChI=1S/C18H20FN3OS/c1-11(2)8-17(23)20-9-16-12(3)22-10-15(21-18(22)24-16)13-4-6-14(19)7-5-13/h4-7,10-11H,8-9H2,1-3H3,(H,20,23). The van der Waals surface area contributed by atoms with Crippen molar-refractivity contribution in [3.05, 3.63) is 46.9 Å². The molecule has 6 heteroatoms. The monoisotopic (exact) mass is 345 g/mol. The van der Waals surface area contributed by atoms with Crippen molar-refractivity contribution >= 4 is 22.2 Å². The van der Waals surface area contributed by atoms with E-state index in [0.29, 0.717) is 18.9 Å². The Morgan fingerprint density at radius 3 is 2.67 bits per heavy atom. The molecule has 1 amide bonds. The summed E-state index contributed by atoms with van der Waals surface area (Å²) in [5.74, 6) is 0.169. The van der Waals surface area contributed by atoms with Gasteiger partial charge in [0.2, 0.25) is 5.91 Å². The second-order valence-electron chi connectivity index (χ2n) is 6.27. The van der Waals surface area contributed by atoms with E-state index in [1.165, 1.54) is 12.1 Å². The van der Waals surface area contributed by atoms with E-state index in [9.17, 15) is 9.18 Å². The van der Waals surface area contributed by atoms with E-state index in [1.54, 1.807) is 23.5 Å². The quantitative estimate of drug-likeness (QED) is 0.754. The predicted octanol–water partition coefficient (Wildman–Crippen LogP) is 4.17. The van der Waals surface area contributed by atoms with Crippen LogP contribution in [0.4, 0.5) is 4.39 Å². The number of nitrogens with zero attached hydrogens (tertiary/aromatic N) is 2. The van der Waals surface area contributed by atoms with Gasteiger partial charge in [-0.1, -0.05) is 25.2 Å². The molecule has 2 heterocycles. The summed E-state index contributed by atoms with van der Waals surface area (Å²) in [6.07, 6.45) is 2.49. The average molecular weight is 345 g/mol. The lowest BCUT2D eigenvalue weighted by molar-refractivity contribution is -0.121. The molecule has 4 nitrogen and oxygen atoms in total. The van der Waals surface area contributed by atoms with Crippen LogP contribution >= 0.6 is 11.3 Å². The third kappa shape index (κ3) is 3.48. The van der Waals surface area contributed by atoms with Gasteiger partial charge in [-0.2, -0.15) is 0 Å². The fourth-order valence-corrected chi connectivity index (χ4v) is 3.58. The van der Waals surface area contributed by atoms with Crippen molar-refractivity contribution < 1.29 is 9.18 Å². The molecule has 0 unspecified atom stereocenters. The molecule has 1 N–H and O–H groups in total. The van der Waals surface area contributed by atoms with Crippen molar-refractivity contribution in [3.8, 4) is 11.3 Å². The maximum atomic E-state index is 13.0. The largest absolute Gasteiger partial charge is 0.351 e. The molecule has 0 saturated heterocycles. The molecule has 1 aromatic carbocycles. The van der Waals surface area contributed by atoms with E-state index < -0.39 is 0 Å². The molecular weight excluding hydrogens is 325 g/mol. The number of benzene rings is 1. The Morgan fingerprint density at radius 1 is 1.33 bits per heavy atom. The Labute approximate surface area is 144 Å². The number of halogens is 1. The van der Waals surface area contributed by atoms with Crippen LogP contribution in [0, 0.1) is 18.7 Å². The number of aromatic nitrogens is 2. The molecule has 0 fully saturated rings. The van der Waals surface area contributed by atoms with Gasteiger partial charge in [0.15, 0.2) is 4.96 Å². The highest BCUT2D eigenvalue weighted by Crippen LogP contribution is 2.27. The zero-order chi connectivity index (χ0) is 17.3. The van der Waals surface area contributed by atoms with Crippen molar-refractivity contribution in [1.29, 1.82) is 0 Å². The Kier molecular flexibility index (Phi) is 4.66. The van der Waals surface area contributed by atoms with Crippen molar-refractivity contribution in [1.82, 2.24) is 14.7 Å². The lowest BCUT2D eigenvalue weighted by Gasteiger charge is -2.06. The number of carbonyl (C=O) groups excluding carboxylic acids is 1. The average Bonchev–Trinajstić information content (AvgIpc) is 3.05. The number of amides is 1. The van der Waals surface area contributed by atoms with E-state index >= 15 is 0 Å². The topological polar surface area (TPSA) is 46.4 Å². The van der Waals surface area contributed by atoms with Gasteiger partial charge in [0.05, 0.1) is 12.2 Å². The fraction of sp³-hybridized carbons (Fsp3) is 0.333. The maximum Gasteiger partial charge on any atom is 0.220 e. The second-order valence-corrected chi connectivity index (χ2v) is 7.33. The van der Waals surface area contributed by atoms with Crippen molar-refractivity contribution in [3.63, 3.8) is 0 Å². The Hall–Kier alpha value is -2.21. The number of thiazole rings is 1. The first kappa shape index (κ1) is 16.6. The third-order valence-electron chi connectivity index (χ3n) is 3.83. The molecule has 0 atom stereocenters. The van der Waals surface area contributed by atoms with E-state index in [0.717, 1.165) is 26.8 Å². The summed E-state index contributed by atoms with van der Waals surface area (Å²) >= 11 is 1.57. The normalized spacial score (nSPS) is 11.4. The van der Waals surface area contributed by atoms with Crippen LogP contribution < -0.4 is 5.32 Å². The van der Waals surface area contributed by atoms with Crippen molar-refractivity contribution in [2.75, 3.05) is 0 Å². The van der Waals surface area contributed by atoms with E-state index in [1.807, 2.05) is 31.4 Å². The highest BCUT2D eigenvalue weighted by Gasteiger charge is 2.14. The van der Waals surface area contributed by atoms with E-state index in [4.69, 9.17) is 0 Å². The number of aryl methyl sites for hydroxylation is 1. The zero-order valence-electron chi connectivity index (χ0n) is 14.0. The number of fused-ring (bicyclic) bond motifs is 1. The lowest BCUT2D eigenvalue weighted by Crippen LogP contribution is -2.23. The smallest absolute Gasteiger partial charge is 0.220 e. The van der Waals surface area contributed by atoms with Gasteiger partial charge in [0.25, 0.3) is 0 Å². The van der Waals surface area contributed by atoms with Gasteiger partial charge in [-0.25, -0.2) is 9.37 Å². The van der Waals surface area contributed by atoms with Gasteiger partial charge in [-0.05, 0) is 37.1 Å². The van der Waals surface area contributed by atoms with Crippen molar-refractivity contribution in [2.45, 2.75) is 33.7 Å². The van der Waals surface area contributed by atoms with Crippen LogP contribution in [0.25, 0.3) is 16.2 Å². The molecule has 0 aliphatic heterocycles. The highest BCUT2D eigenvalue weighted by atomic mass is 32.1. The van der Waals surface area contributed by atoms with Gasteiger partial charge >= 0.3 is 0 Å². The molecule has 0 aliphatic carbocycles. The summed E-state index contributed by atoms with van der Waals surface area (Å²) in [6, 6.07) is 6.32. The molecule has 0 radical (unpaired) electrons. The van der Waals surface area contributed by atoms with Gasteiger partial charge < -0.3 is 5.32 Å². The molecule has 0 bridgehead atoms. The number of rotatable bonds is 5. The highest BCUT2D eigenvalue weighted by molar-refractivity contribution is 7.17. The molecule has 0 spiro atoms. The summed E-state index contributed by atoms with van der Waals surface area (Å²) in [7, 11) is 0. The van der Waals surface area contributed by atoms with Crippen LogP contribution in [-0.4, -0.2) is 15.3 Å². The number of hydrogen-bond donors (Lipinski definition) is 1. The Morgan fingerprint density at radius 2 is 2.04 bits per heavy atom. The Bertz CT molecular complexity index is 864. The fourth-order valence-electron chi connectivity index (χ4n) is 2.54.